The Morgan fingerprint density at radius 2 is 2.17 bits per heavy atom. The number of hydrogen-bond donors (Lipinski definition) is 2. The number of pyridine rings is 2. The van der Waals surface area contributed by atoms with E-state index in [-0.39, 0.29) is 23.9 Å². The van der Waals surface area contributed by atoms with E-state index in [9.17, 15) is 9.59 Å². The summed E-state index contributed by atoms with van der Waals surface area (Å²) < 4.78 is 1.65. The van der Waals surface area contributed by atoms with Gasteiger partial charge in [0.1, 0.15) is 0 Å². The molecule has 1 aliphatic rings. The molecule has 8 heteroatoms. The summed E-state index contributed by atoms with van der Waals surface area (Å²) in [5.41, 5.74) is 3.89. The predicted octanol–water partition coefficient (Wildman–Crippen LogP) is 1.93. The van der Waals surface area contributed by atoms with Crippen molar-refractivity contribution in [3.8, 4) is 0 Å². The molecule has 0 aliphatic carbocycles. The number of hydrogen-bond acceptors (Lipinski definition) is 5. The zero-order chi connectivity index (χ0) is 20.5. The van der Waals surface area contributed by atoms with E-state index in [2.05, 4.69) is 20.4 Å². The topological polar surface area (TPSA) is 105 Å². The van der Waals surface area contributed by atoms with Crippen LogP contribution in [0.3, 0.4) is 0 Å². The number of nitrogens with one attached hydrogen (secondary N) is 2. The van der Waals surface area contributed by atoms with Gasteiger partial charge < -0.3 is 10.3 Å². The Hall–Kier alpha value is -3.55. The first-order valence-electron chi connectivity index (χ1n) is 9.41. The molecule has 1 aliphatic heterocycles. The Morgan fingerprint density at radius 1 is 1.34 bits per heavy atom. The molecule has 0 spiro atoms. The third kappa shape index (κ3) is 3.61. The maximum Gasteiger partial charge on any atom is 0.253 e. The smallest absolute Gasteiger partial charge is 0.253 e. The van der Waals surface area contributed by atoms with Crippen molar-refractivity contribution >= 4 is 23.2 Å². The fourth-order valence-corrected chi connectivity index (χ4v) is 3.55. The van der Waals surface area contributed by atoms with E-state index in [1.54, 1.807) is 30.2 Å². The van der Waals surface area contributed by atoms with Crippen LogP contribution in [0.4, 0.5) is 0 Å². The number of carbonyl (C=O) groups is 1. The van der Waals surface area contributed by atoms with Gasteiger partial charge >= 0.3 is 0 Å². The molecule has 1 atom stereocenters. The van der Waals surface area contributed by atoms with Crippen LogP contribution in [0.2, 0.25) is 0 Å². The van der Waals surface area contributed by atoms with E-state index in [0.717, 1.165) is 17.0 Å². The highest BCUT2D eigenvalue weighted by Crippen LogP contribution is 2.24. The molecular formula is C21H22N6O2. The second-order valence-corrected chi connectivity index (χ2v) is 7.23. The highest BCUT2D eigenvalue weighted by Gasteiger charge is 2.20. The molecule has 0 aromatic carbocycles. The summed E-state index contributed by atoms with van der Waals surface area (Å²) >= 11 is 0. The van der Waals surface area contributed by atoms with Gasteiger partial charge in [-0.3, -0.25) is 19.3 Å². The van der Waals surface area contributed by atoms with Gasteiger partial charge in [0.05, 0.1) is 29.4 Å². The third-order valence-corrected chi connectivity index (χ3v) is 5.11. The molecule has 29 heavy (non-hydrogen) atoms. The van der Waals surface area contributed by atoms with E-state index in [1.165, 1.54) is 0 Å². The zero-order valence-corrected chi connectivity index (χ0v) is 16.6. The molecule has 3 aromatic heterocycles. The van der Waals surface area contributed by atoms with Crippen molar-refractivity contribution in [2.24, 2.45) is 12.0 Å². The zero-order valence-electron chi connectivity index (χ0n) is 16.6. The van der Waals surface area contributed by atoms with Crippen LogP contribution in [0, 0.1) is 13.8 Å². The molecule has 0 saturated heterocycles. The number of amides is 1. The third-order valence-electron chi connectivity index (χ3n) is 5.11. The highest BCUT2D eigenvalue weighted by molar-refractivity contribution is 6.05. The Morgan fingerprint density at radius 3 is 2.90 bits per heavy atom. The van der Waals surface area contributed by atoms with E-state index in [0.29, 0.717) is 28.7 Å². The number of nitrogens with zero attached hydrogens (tertiary/aromatic N) is 4. The molecule has 0 bridgehead atoms. The van der Waals surface area contributed by atoms with Crippen LogP contribution in [-0.4, -0.2) is 38.4 Å². The van der Waals surface area contributed by atoms with Crippen LogP contribution in [0.15, 0.2) is 40.3 Å². The van der Waals surface area contributed by atoms with Crippen molar-refractivity contribution in [2.45, 2.75) is 26.3 Å². The summed E-state index contributed by atoms with van der Waals surface area (Å²) in [5.74, 6) is -0.262. The number of dihydropyridines is 1. The molecule has 2 N–H and O–H groups in total. The van der Waals surface area contributed by atoms with Crippen molar-refractivity contribution < 1.29 is 4.79 Å². The lowest BCUT2D eigenvalue weighted by Crippen LogP contribution is -2.28. The second kappa shape index (κ2) is 7.46. The summed E-state index contributed by atoms with van der Waals surface area (Å²) in [6.45, 7) is 4.43. The molecular weight excluding hydrogens is 368 g/mol. The SMILES string of the molecule is Cc1cc(C)c(CNC(=O)c2cc(C3C=CC=NC3)nc3c2cnn3C)c(=O)[nH]1. The van der Waals surface area contributed by atoms with E-state index < -0.39 is 0 Å². The van der Waals surface area contributed by atoms with Crippen LogP contribution in [0.25, 0.3) is 11.0 Å². The normalized spacial score (nSPS) is 15.8. The van der Waals surface area contributed by atoms with E-state index in [1.807, 2.05) is 32.1 Å². The Kier molecular flexibility index (Phi) is 4.84. The largest absolute Gasteiger partial charge is 0.348 e. The summed E-state index contributed by atoms with van der Waals surface area (Å²) in [6.07, 6.45) is 7.30. The number of aromatic nitrogens is 4. The molecule has 4 heterocycles. The summed E-state index contributed by atoms with van der Waals surface area (Å²) in [5, 5.41) is 7.80. The maximum absolute atomic E-state index is 13.0. The lowest BCUT2D eigenvalue weighted by Gasteiger charge is -2.14. The Labute approximate surface area is 167 Å². The molecule has 4 rings (SSSR count). The van der Waals surface area contributed by atoms with E-state index in [4.69, 9.17) is 4.98 Å². The van der Waals surface area contributed by atoms with Crippen LogP contribution < -0.4 is 10.9 Å². The molecule has 0 saturated carbocycles. The number of aryl methyl sites for hydroxylation is 3. The lowest BCUT2D eigenvalue weighted by atomic mass is 10.00. The van der Waals surface area contributed by atoms with Crippen molar-refractivity contribution in [1.82, 2.24) is 25.1 Å². The minimum atomic E-state index is -0.269. The number of allylic oxidation sites excluding steroid dienone is 1. The Balaban J connectivity index is 1.67. The van der Waals surface area contributed by atoms with Gasteiger partial charge in [0, 0.05) is 37.0 Å². The monoisotopic (exact) mass is 390 g/mol. The number of H-pyrrole nitrogens is 1. The van der Waals surface area contributed by atoms with Crippen LogP contribution in [-0.2, 0) is 13.6 Å². The first kappa shape index (κ1) is 18.8. The van der Waals surface area contributed by atoms with Crippen LogP contribution >= 0.6 is 0 Å². The Bertz CT molecular complexity index is 1220. The average molecular weight is 390 g/mol. The van der Waals surface area contributed by atoms with Gasteiger partial charge in [-0.25, -0.2) is 4.98 Å². The van der Waals surface area contributed by atoms with Crippen molar-refractivity contribution in [1.29, 1.82) is 0 Å². The van der Waals surface area contributed by atoms with Gasteiger partial charge in [-0.05, 0) is 37.6 Å². The molecule has 148 valence electrons. The molecule has 0 fully saturated rings. The molecule has 1 amide bonds. The molecule has 1 unspecified atom stereocenters. The number of carbonyl (C=O) groups excluding carboxylic acids is 1. The first-order chi connectivity index (χ1) is 13.9. The maximum atomic E-state index is 13.0. The van der Waals surface area contributed by atoms with Crippen molar-refractivity contribution in [3.63, 3.8) is 0 Å². The van der Waals surface area contributed by atoms with Crippen LogP contribution in [0.5, 0.6) is 0 Å². The van der Waals surface area contributed by atoms with Gasteiger partial charge in [0.25, 0.3) is 11.5 Å². The van der Waals surface area contributed by atoms with Crippen molar-refractivity contribution in [3.05, 3.63) is 68.9 Å². The number of rotatable bonds is 4. The van der Waals surface area contributed by atoms with Gasteiger partial charge in [-0.2, -0.15) is 5.10 Å². The van der Waals surface area contributed by atoms with Gasteiger partial charge in [-0.15, -0.1) is 0 Å². The van der Waals surface area contributed by atoms with E-state index >= 15 is 0 Å². The summed E-state index contributed by atoms with van der Waals surface area (Å²) in [7, 11) is 1.80. The second-order valence-electron chi connectivity index (χ2n) is 7.23. The quantitative estimate of drug-likeness (QED) is 0.710. The van der Waals surface area contributed by atoms with Crippen molar-refractivity contribution in [2.75, 3.05) is 6.54 Å². The number of fused-ring (bicyclic) bond motifs is 1. The fraction of sp³-hybridized carbons (Fsp3) is 0.286. The molecule has 8 nitrogen and oxygen atoms in total. The summed E-state index contributed by atoms with van der Waals surface area (Å²) in [4.78, 5) is 37.0. The first-order valence-corrected chi connectivity index (χ1v) is 9.41. The molecule has 0 radical (unpaired) electrons. The summed E-state index contributed by atoms with van der Waals surface area (Å²) in [6, 6.07) is 3.68. The van der Waals surface area contributed by atoms with Gasteiger partial charge in [-0.1, -0.05) is 6.08 Å². The minimum Gasteiger partial charge on any atom is -0.348 e. The molecule has 3 aromatic rings. The van der Waals surface area contributed by atoms with Gasteiger partial charge in [0.15, 0.2) is 5.65 Å². The average Bonchev–Trinajstić information content (AvgIpc) is 3.08. The lowest BCUT2D eigenvalue weighted by molar-refractivity contribution is 0.0952. The van der Waals surface area contributed by atoms with Crippen LogP contribution in [0.1, 0.15) is 38.8 Å². The predicted molar refractivity (Wildman–Crippen MR) is 111 cm³/mol. The highest BCUT2D eigenvalue weighted by atomic mass is 16.1. The fourth-order valence-electron chi connectivity index (χ4n) is 3.55. The van der Waals surface area contributed by atoms with Gasteiger partial charge in [0.2, 0.25) is 0 Å². The minimum absolute atomic E-state index is 0.00744. The number of aromatic amines is 1. The number of aliphatic imine (C=N–C) groups is 1. The standard InChI is InChI=1S/C21H22N6O2/c1-12-7-13(2)25-21(29)16(12)10-23-20(28)15-8-18(14-5-4-6-22-9-14)26-19-17(15)11-24-27(19)3/h4-8,11,14H,9-10H2,1-3H3,(H,23,28)(H,25,29).